The standard InChI is InChI=1S/C15H18N2O/c1-10-3-4-14-11(7-10)13(9-18)12-8-17(2)6-5-15(12)16-14/h3-4,7,18H,5-6,8-9H2,1-2H3. The summed E-state index contributed by atoms with van der Waals surface area (Å²) < 4.78 is 0. The maximum absolute atomic E-state index is 9.72. The summed E-state index contributed by atoms with van der Waals surface area (Å²) in [5, 5.41) is 10.8. The quantitative estimate of drug-likeness (QED) is 0.831. The molecule has 1 aliphatic rings. The van der Waals surface area contributed by atoms with Crippen LogP contribution >= 0.6 is 0 Å². The normalized spacial score (nSPS) is 15.9. The third kappa shape index (κ3) is 1.80. The Morgan fingerprint density at radius 3 is 3.00 bits per heavy atom. The molecule has 0 spiro atoms. The van der Waals surface area contributed by atoms with Crippen LogP contribution in [0.1, 0.15) is 22.4 Å². The molecule has 0 saturated carbocycles. The van der Waals surface area contributed by atoms with Crippen LogP contribution < -0.4 is 0 Å². The van der Waals surface area contributed by atoms with Gasteiger partial charge in [0.25, 0.3) is 0 Å². The summed E-state index contributed by atoms with van der Waals surface area (Å²) in [6.45, 7) is 4.11. The summed E-state index contributed by atoms with van der Waals surface area (Å²) in [4.78, 5) is 7.04. The number of aryl methyl sites for hydroxylation is 1. The average molecular weight is 242 g/mol. The lowest BCUT2D eigenvalue weighted by molar-refractivity contribution is 0.271. The SMILES string of the molecule is Cc1ccc2nc3c(c(CO)c2c1)CN(C)CC3. The van der Waals surface area contributed by atoms with Crippen LogP contribution in [0.4, 0.5) is 0 Å². The molecule has 18 heavy (non-hydrogen) atoms. The van der Waals surface area contributed by atoms with Gasteiger partial charge >= 0.3 is 0 Å². The molecular formula is C15H18N2O. The molecule has 1 aromatic carbocycles. The molecule has 0 aliphatic carbocycles. The molecule has 0 saturated heterocycles. The first-order chi connectivity index (χ1) is 8.69. The van der Waals surface area contributed by atoms with Gasteiger partial charge in [0.1, 0.15) is 0 Å². The van der Waals surface area contributed by atoms with Crippen molar-refractivity contribution in [3.63, 3.8) is 0 Å². The Bertz CT molecular complexity index is 607. The molecule has 1 aromatic heterocycles. The number of benzene rings is 1. The molecule has 0 amide bonds. The summed E-state index contributed by atoms with van der Waals surface area (Å²) >= 11 is 0. The zero-order chi connectivity index (χ0) is 12.7. The van der Waals surface area contributed by atoms with Crippen LogP contribution in [-0.4, -0.2) is 28.6 Å². The summed E-state index contributed by atoms with van der Waals surface area (Å²) in [5.41, 5.74) is 5.67. The molecular weight excluding hydrogens is 224 g/mol. The zero-order valence-corrected chi connectivity index (χ0v) is 10.9. The summed E-state index contributed by atoms with van der Waals surface area (Å²) in [7, 11) is 2.12. The smallest absolute Gasteiger partial charge is 0.0709 e. The van der Waals surface area contributed by atoms with Crippen LogP contribution in [0.3, 0.4) is 0 Å². The van der Waals surface area contributed by atoms with E-state index in [9.17, 15) is 5.11 Å². The van der Waals surface area contributed by atoms with Crippen molar-refractivity contribution in [1.82, 2.24) is 9.88 Å². The van der Waals surface area contributed by atoms with Crippen molar-refractivity contribution in [3.8, 4) is 0 Å². The number of likely N-dealkylation sites (N-methyl/N-ethyl adjacent to an activating group) is 1. The lowest BCUT2D eigenvalue weighted by Gasteiger charge is -2.27. The Hall–Kier alpha value is -1.45. The van der Waals surface area contributed by atoms with Crippen molar-refractivity contribution in [2.45, 2.75) is 26.5 Å². The summed E-state index contributed by atoms with van der Waals surface area (Å²) in [6.07, 6.45) is 0.975. The molecule has 0 unspecified atom stereocenters. The fourth-order valence-electron chi connectivity index (χ4n) is 2.76. The second kappa shape index (κ2) is 4.34. The van der Waals surface area contributed by atoms with Gasteiger partial charge in [-0.25, -0.2) is 0 Å². The molecule has 0 fully saturated rings. The molecule has 3 rings (SSSR count). The molecule has 1 aliphatic heterocycles. The highest BCUT2D eigenvalue weighted by Crippen LogP contribution is 2.28. The summed E-state index contributed by atoms with van der Waals surface area (Å²) in [6, 6.07) is 6.27. The number of pyridine rings is 1. The van der Waals surface area contributed by atoms with Crippen molar-refractivity contribution >= 4 is 10.9 Å². The maximum atomic E-state index is 9.72. The van der Waals surface area contributed by atoms with E-state index in [1.807, 2.05) is 0 Å². The van der Waals surface area contributed by atoms with Crippen LogP contribution in [0.25, 0.3) is 10.9 Å². The van der Waals surface area contributed by atoms with Gasteiger partial charge in [0.15, 0.2) is 0 Å². The van der Waals surface area contributed by atoms with Crippen LogP contribution in [0.2, 0.25) is 0 Å². The van der Waals surface area contributed by atoms with E-state index in [1.165, 1.54) is 11.1 Å². The third-order valence-corrected chi connectivity index (χ3v) is 3.76. The van der Waals surface area contributed by atoms with E-state index >= 15 is 0 Å². The Labute approximate surface area is 107 Å². The van der Waals surface area contributed by atoms with E-state index in [2.05, 4.69) is 37.1 Å². The van der Waals surface area contributed by atoms with Crippen molar-refractivity contribution in [1.29, 1.82) is 0 Å². The number of aliphatic hydroxyl groups excluding tert-OH is 1. The molecule has 3 heteroatoms. The largest absolute Gasteiger partial charge is 0.392 e. The van der Waals surface area contributed by atoms with Crippen LogP contribution in [0.15, 0.2) is 18.2 Å². The molecule has 0 bridgehead atoms. The second-order valence-electron chi connectivity index (χ2n) is 5.18. The maximum Gasteiger partial charge on any atom is 0.0709 e. The van der Waals surface area contributed by atoms with Gasteiger partial charge < -0.3 is 10.0 Å². The highest BCUT2D eigenvalue weighted by atomic mass is 16.3. The number of aliphatic hydroxyl groups is 1. The van der Waals surface area contributed by atoms with Crippen molar-refractivity contribution in [3.05, 3.63) is 40.6 Å². The van der Waals surface area contributed by atoms with Gasteiger partial charge in [-0.2, -0.15) is 0 Å². The molecule has 0 atom stereocenters. The minimum atomic E-state index is 0.0959. The fraction of sp³-hybridized carbons (Fsp3) is 0.400. The Balaban J connectivity index is 2.31. The monoisotopic (exact) mass is 242 g/mol. The fourth-order valence-corrected chi connectivity index (χ4v) is 2.76. The third-order valence-electron chi connectivity index (χ3n) is 3.76. The minimum absolute atomic E-state index is 0.0959. The van der Waals surface area contributed by atoms with E-state index in [0.717, 1.165) is 41.7 Å². The van der Waals surface area contributed by atoms with E-state index in [1.54, 1.807) is 0 Å². The predicted molar refractivity (Wildman–Crippen MR) is 72.4 cm³/mol. The zero-order valence-electron chi connectivity index (χ0n) is 10.9. The molecule has 0 radical (unpaired) electrons. The molecule has 1 N–H and O–H groups in total. The lowest BCUT2D eigenvalue weighted by atomic mass is 9.96. The van der Waals surface area contributed by atoms with Crippen molar-refractivity contribution < 1.29 is 5.11 Å². The Morgan fingerprint density at radius 2 is 2.22 bits per heavy atom. The van der Waals surface area contributed by atoms with Gasteiger partial charge in [0.05, 0.1) is 12.1 Å². The molecule has 94 valence electrons. The van der Waals surface area contributed by atoms with Crippen molar-refractivity contribution in [2.75, 3.05) is 13.6 Å². The van der Waals surface area contributed by atoms with E-state index in [0.29, 0.717) is 0 Å². The summed E-state index contributed by atoms with van der Waals surface area (Å²) in [5.74, 6) is 0. The molecule has 2 heterocycles. The second-order valence-corrected chi connectivity index (χ2v) is 5.18. The highest BCUT2D eigenvalue weighted by Gasteiger charge is 2.20. The predicted octanol–water partition coefficient (Wildman–Crippen LogP) is 2.02. The number of fused-ring (bicyclic) bond motifs is 2. The average Bonchev–Trinajstić information content (AvgIpc) is 2.36. The van der Waals surface area contributed by atoms with Gasteiger partial charge in [-0.05, 0) is 37.2 Å². The Kier molecular flexibility index (Phi) is 2.80. The number of aromatic nitrogens is 1. The van der Waals surface area contributed by atoms with Crippen LogP contribution in [0, 0.1) is 6.92 Å². The Morgan fingerprint density at radius 1 is 1.39 bits per heavy atom. The number of hydrogen-bond acceptors (Lipinski definition) is 3. The van der Waals surface area contributed by atoms with E-state index in [-0.39, 0.29) is 6.61 Å². The van der Waals surface area contributed by atoms with Gasteiger partial charge in [-0.15, -0.1) is 0 Å². The first kappa shape index (κ1) is 11.6. The highest BCUT2D eigenvalue weighted by molar-refractivity contribution is 5.84. The lowest BCUT2D eigenvalue weighted by Crippen LogP contribution is -2.28. The van der Waals surface area contributed by atoms with Gasteiger partial charge in [-0.1, -0.05) is 11.6 Å². The van der Waals surface area contributed by atoms with E-state index < -0.39 is 0 Å². The first-order valence-corrected chi connectivity index (χ1v) is 6.39. The molecule has 3 nitrogen and oxygen atoms in total. The van der Waals surface area contributed by atoms with E-state index in [4.69, 9.17) is 4.98 Å². The molecule has 2 aromatic rings. The minimum Gasteiger partial charge on any atom is -0.392 e. The van der Waals surface area contributed by atoms with Gasteiger partial charge in [0.2, 0.25) is 0 Å². The van der Waals surface area contributed by atoms with Crippen LogP contribution in [-0.2, 0) is 19.6 Å². The van der Waals surface area contributed by atoms with Gasteiger partial charge in [-0.3, -0.25) is 4.98 Å². The topological polar surface area (TPSA) is 36.4 Å². The van der Waals surface area contributed by atoms with Crippen molar-refractivity contribution in [2.24, 2.45) is 0 Å². The first-order valence-electron chi connectivity index (χ1n) is 6.39. The van der Waals surface area contributed by atoms with Gasteiger partial charge in [0, 0.05) is 30.6 Å². The number of hydrogen-bond donors (Lipinski definition) is 1. The number of nitrogens with zero attached hydrogens (tertiary/aromatic N) is 2. The number of rotatable bonds is 1. The van der Waals surface area contributed by atoms with Crippen LogP contribution in [0.5, 0.6) is 0 Å².